The van der Waals surface area contributed by atoms with Crippen molar-refractivity contribution < 1.29 is 23.9 Å². The first-order valence-electron chi connectivity index (χ1n) is 5.29. The van der Waals surface area contributed by atoms with Crippen molar-refractivity contribution in [2.24, 2.45) is 0 Å². The van der Waals surface area contributed by atoms with Gasteiger partial charge in [-0.15, -0.1) is 11.8 Å². The Morgan fingerprint density at radius 2 is 2.00 bits per heavy atom. The molecule has 0 aromatic heterocycles. The van der Waals surface area contributed by atoms with Crippen LogP contribution in [0.2, 0.25) is 0 Å². The van der Waals surface area contributed by atoms with E-state index >= 15 is 0 Å². The first-order chi connectivity index (χ1) is 8.15. The number of carbonyl (C=O) groups is 3. The highest BCUT2D eigenvalue weighted by Crippen LogP contribution is 2.14. The summed E-state index contributed by atoms with van der Waals surface area (Å²) in [5, 5.41) is 2.92. The highest BCUT2D eigenvalue weighted by atomic mass is 32.2. The number of aldehydes is 1. The number of rotatable bonds is 4. The van der Waals surface area contributed by atoms with E-state index in [2.05, 4.69) is 10.1 Å². The molecule has 0 spiro atoms. The second-order valence-corrected chi connectivity index (χ2v) is 4.04. The molecule has 0 aromatic rings. The van der Waals surface area contributed by atoms with Crippen LogP contribution in [0.3, 0.4) is 0 Å². The van der Waals surface area contributed by atoms with E-state index in [0.717, 1.165) is 12.3 Å². The molecule has 0 bridgehead atoms. The third kappa shape index (κ3) is 7.76. The monoisotopic (exact) mass is 263 g/mol. The van der Waals surface area contributed by atoms with Crippen LogP contribution in [-0.4, -0.2) is 49.1 Å². The van der Waals surface area contributed by atoms with Crippen molar-refractivity contribution in [2.45, 2.75) is 19.2 Å². The van der Waals surface area contributed by atoms with Gasteiger partial charge >= 0.3 is 11.9 Å². The third-order valence-corrected chi connectivity index (χ3v) is 2.73. The second kappa shape index (κ2) is 10.1. The summed E-state index contributed by atoms with van der Waals surface area (Å²) < 4.78 is 8.99. The molecule has 0 aliphatic carbocycles. The molecule has 1 aliphatic rings. The van der Waals surface area contributed by atoms with E-state index in [-0.39, 0.29) is 24.2 Å². The Morgan fingerprint density at radius 1 is 1.35 bits per heavy atom. The SMILES string of the molecule is CCOC(=O)C1NCCS1.CCOC(=O)C=O. The topological polar surface area (TPSA) is 81.7 Å². The summed E-state index contributed by atoms with van der Waals surface area (Å²) in [5.74, 6) is 0.0660. The van der Waals surface area contributed by atoms with Gasteiger partial charge in [-0.3, -0.25) is 10.1 Å². The highest BCUT2D eigenvalue weighted by molar-refractivity contribution is 8.00. The van der Waals surface area contributed by atoms with Gasteiger partial charge in [-0.1, -0.05) is 0 Å². The van der Waals surface area contributed by atoms with Gasteiger partial charge in [0.1, 0.15) is 0 Å². The maximum atomic E-state index is 10.9. The third-order valence-electron chi connectivity index (χ3n) is 1.60. The maximum absolute atomic E-state index is 10.9. The molecule has 1 saturated heterocycles. The van der Waals surface area contributed by atoms with E-state index < -0.39 is 5.97 Å². The van der Waals surface area contributed by atoms with Crippen molar-refractivity contribution in [3.05, 3.63) is 0 Å². The van der Waals surface area contributed by atoms with Gasteiger partial charge in [0.15, 0.2) is 5.37 Å². The molecular formula is C10H17NO5S. The zero-order chi connectivity index (χ0) is 13.1. The minimum atomic E-state index is -0.803. The molecule has 1 fully saturated rings. The van der Waals surface area contributed by atoms with E-state index in [1.54, 1.807) is 18.7 Å². The number of nitrogens with one attached hydrogen (secondary N) is 1. The Bertz CT molecular complexity index is 253. The smallest absolute Gasteiger partial charge is 0.371 e. The number of esters is 2. The summed E-state index contributed by atoms with van der Waals surface area (Å²) in [5.41, 5.74) is 0. The molecule has 6 nitrogen and oxygen atoms in total. The lowest BCUT2D eigenvalue weighted by Gasteiger charge is -2.06. The van der Waals surface area contributed by atoms with Crippen molar-refractivity contribution in [1.82, 2.24) is 5.32 Å². The number of thioether (sulfide) groups is 1. The highest BCUT2D eigenvalue weighted by Gasteiger charge is 2.23. The number of hydrogen-bond donors (Lipinski definition) is 1. The minimum Gasteiger partial charge on any atom is -0.464 e. The van der Waals surface area contributed by atoms with Gasteiger partial charge in [-0.25, -0.2) is 9.59 Å². The van der Waals surface area contributed by atoms with Crippen LogP contribution in [0.1, 0.15) is 13.8 Å². The Hall–Kier alpha value is -1.08. The molecule has 1 heterocycles. The van der Waals surface area contributed by atoms with E-state index in [1.807, 2.05) is 6.92 Å². The average molecular weight is 263 g/mol. The molecule has 0 aromatic carbocycles. The van der Waals surface area contributed by atoms with E-state index in [9.17, 15) is 14.4 Å². The molecule has 7 heteroatoms. The Balaban J connectivity index is 0.000000325. The fourth-order valence-corrected chi connectivity index (χ4v) is 1.88. The van der Waals surface area contributed by atoms with Crippen LogP contribution in [0, 0.1) is 0 Å². The Morgan fingerprint density at radius 3 is 2.35 bits per heavy atom. The molecule has 1 rings (SSSR count). The molecule has 17 heavy (non-hydrogen) atoms. The number of ether oxygens (including phenoxy) is 2. The van der Waals surface area contributed by atoms with Crippen LogP contribution in [0.25, 0.3) is 0 Å². The van der Waals surface area contributed by atoms with Crippen LogP contribution in [-0.2, 0) is 23.9 Å². The number of carbonyl (C=O) groups excluding carboxylic acids is 3. The standard InChI is InChI=1S/C6H11NO2S.C4H6O3/c1-2-9-6(8)5-7-3-4-10-5;1-2-7-4(6)3-5/h5,7H,2-4H2,1H3;3H,2H2,1H3. The van der Waals surface area contributed by atoms with E-state index in [0.29, 0.717) is 6.61 Å². The first-order valence-corrected chi connectivity index (χ1v) is 6.34. The summed E-state index contributed by atoms with van der Waals surface area (Å²) in [4.78, 5) is 30.2. The first kappa shape index (κ1) is 15.9. The molecule has 0 radical (unpaired) electrons. The fourth-order valence-electron chi connectivity index (χ4n) is 0.971. The van der Waals surface area contributed by atoms with Gasteiger partial charge in [0, 0.05) is 12.3 Å². The predicted octanol–water partition coefficient (Wildman–Crippen LogP) is -0.0396. The van der Waals surface area contributed by atoms with Gasteiger partial charge in [-0.05, 0) is 13.8 Å². The number of hydrogen-bond acceptors (Lipinski definition) is 7. The normalized spacial score (nSPS) is 17.6. The largest absolute Gasteiger partial charge is 0.464 e. The zero-order valence-corrected chi connectivity index (χ0v) is 10.7. The summed E-state index contributed by atoms with van der Waals surface area (Å²) in [6.45, 7) is 5.10. The summed E-state index contributed by atoms with van der Waals surface area (Å²) in [7, 11) is 0. The van der Waals surface area contributed by atoms with Crippen molar-refractivity contribution >= 4 is 30.0 Å². The maximum Gasteiger partial charge on any atom is 0.371 e. The van der Waals surface area contributed by atoms with Gasteiger partial charge < -0.3 is 9.47 Å². The molecule has 1 atom stereocenters. The summed E-state index contributed by atoms with van der Waals surface area (Å²) >= 11 is 1.60. The van der Waals surface area contributed by atoms with E-state index in [1.165, 1.54) is 0 Å². The van der Waals surface area contributed by atoms with Gasteiger partial charge in [0.2, 0.25) is 6.29 Å². The van der Waals surface area contributed by atoms with E-state index in [4.69, 9.17) is 4.74 Å². The van der Waals surface area contributed by atoms with Crippen LogP contribution < -0.4 is 5.32 Å². The zero-order valence-electron chi connectivity index (χ0n) is 9.93. The van der Waals surface area contributed by atoms with Crippen LogP contribution >= 0.6 is 11.8 Å². The molecule has 98 valence electrons. The predicted molar refractivity (Wildman–Crippen MR) is 63.6 cm³/mol. The Labute approximate surface area is 104 Å². The lowest BCUT2D eigenvalue weighted by Crippen LogP contribution is -2.30. The van der Waals surface area contributed by atoms with Gasteiger partial charge in [0.05, 0.1) is 13.2 Å². The molecule has 0 saturated carbocycles. The van der Waals surface area contributed by atoms with Crippen LogP contribution in [0.4, 0.5) is 0 Å². The summed E-state index contributed by atoms with van der Waals surface area (Å²) in [6, 6.07) is 0. The Kier molecular flexibility index (Phi) is 9.46. The lowest BCUT2D eigenvalue weighted by molar-refractivity contribution is -0.148. The molecule has 1 N–H and O–H groups in total. The van der Waals surface area contributed by atoms with Crippen molar-refractivity contribution in [3.8, 4) is 0 Å². The van der Waals surface area contributed by atoms with Gasteiger partial charge in [0.25, 0.3) is 0 Å². The lowest BCUT2D eigenvalue weighted by atomic mass is 10.6. The van der Waals surface area contributed by atoms with Gasteiger partial charge in [-0.2, -0.15) is 0 Å². The molecule has 1 aliphatic heterocycles. The van der Waals surface area contributed by atoms with Crippen molar-refractivity contribution in [3.63, 3.8) is 0 Å². The fraction of sp³-hybridized carbons (Fsp3) is 0.700. The van der Waals surface area contributed by atoms with Crippen LogP contribution in [0.15, 0.2) is 0 Å². The minimum absolute atomic E-state index is 0.111. The van der Waals surface area contributed by atoms with Crippen molar-refractivity contribution in [2.75, 3.05) is 25.5 Å². The summed E-state index contributed by atoms with van der Waals surface area (Å²) in [6.07, 6.45) is 0.142. The van der Waals surface area contributed by atoms with Crippen LogP contribution in [0.5, 0.6) is 0 Å². The molecular weight excluding hydrogens is 246 g/mol. The molecule has 0 amide bonds. The average Bonchev–Trinajstić information content (AvgIpc) is 2.84. The molecule has 1 unspecified atom stereocenters. The van der Waals surface area contributed by atoms with Crippen molar-refractivity contribution in [1.29, 1.82) is 0 Å². The quantitative estimate of drug-likeness (QED) is 0.433. The second-order valence-electron chi connectivity index (χ2n) is 2.83.